The summed E-state index contributed by atoms with van der Waals surface area (Å²) in [5.74, 6) is 0.141. The van der Waals surface area contributed by atoms with Crippen LogP contribution in [0.1, 0.15) is 18.2 Å². The molecular formula is C9H13N3O2. The molecule has 1 aliphatic rings. The van der Waals surface area contributed by atoms with Gasteiger partial charge in [-0.25, -0.2) is 0 Å². The van der Waals surface area contributed by atoms with E-state index in [4.69, 9.17) is 15.7 Å². The summed E-state index contributed by atoms with van der Waals surface area (Å²) in [6, 6.07) is 4.01. The predicted molar refractivity (Wildman–Crippen MR) is 51.4 cm³/mol. The first-order chi connectivity index (χ1) is 6.83. The molecular weight excluding hydrogens is 182 g/mol. The van der Waals surface area contributed by atoms with Crippen LogP contribution in [-0.4, -0.2) is 28.8 Å². The van der Waals surface area contributed by atoms with Crippen molar-refractivity contribution in [1.29, 1.82) is 0 Å². The van der Waals surface area contributed by atoms with Crippen molar-refractivity contribution in [3.8, 4) is 0 Å². The second kappa shape index (κ2) is 3.71. The van der Waals surface area contributed by atoms with Gasteiger partial charge in [-0.3, -0.25) is 0 Å². The largest absolute Gasteiger partial charge is 0.409 e. The van der Waals surface area contributed by atoms with Gasteiger partial charge in [0.15, 0.2) is 5.84 Å². The van der Waals surface area contributed by atoms with Crippen molar-refractivity contribution in [3.05, 3.63) is 24.0 Å². The zero-order valence-electron chi connectivity index (χ0n) is 7.76. The quantitative estimate of drug-likeness (QED) is 0.313. The van der Waals surface area contributed by atoms with Crippen LogP contribution >= 0.6 is 0 Å². The summed E-state index contributed by atoms with van der Waals surface area (Å²) in [6.45, 7) is 1.47. The van der Waals surface area contributed by atoms with Crippen molar-refractivity contribution in [2.24, 2.45) is 10.9 Å². The number of nitrogens with zero attached hydrogens (tertiary/aromatic N) is 2. The maximum absolute atomic E-state index is 8.59. The molecule has 1 aromatic heterocycles. The van der Waals surface area contributed by atoms with E-state index in [0.717, 1.165) is 18.7 Å². The molecule has 76 valence electrons. The topological polar surface area (TPSA) is 72.8 Å². The van der Waals surface area contributed by atoms with Crippen LogP contribution in [0.4, 0.5) is 0 Å². The lowest BCUT2D eigenvalue weighted by Gasteiger charge is -2.13. The molecule has 1 unspecified atom stereocenters. The second-order valence-electron chi connectivity index (χ2n) is 3.30. The highest BCUT2D eigenvalue weighted by Crippen LogP contribution is 2.21. The molecule has 5 heteroatoms. The first kappa shape index (κ1) is 9.08. The van der Waals surface area contributed by atoms with Crippen molar-refractivity contribution >= 4 is 5.84 Å². The molecule has 2 heterocycles. The Kier molecular flexibility index (Phi) is 2.41. The van der Waals surface area contributed by atoms with Crippen LogP contribution in [0.15, 0.2) is 23.5 Å². The standard InChI is InChI=1S/C9H13N3O2/c10-9(11-13)8-2-1-4-12(8)7-3-5-14-6-7/h1-2,4,7,13H,3,5-6H2,(H2,10,11). The lowest BCUT2D eigenvalue weighted by molar-refractivity contribution is 0.186. The fraction of sp³-hybridized carbons (Fsp3) is 0.444. The lowest BCUT2D eigenvalue weighted by Crippen LogP contribution is -2.21. The molecule has 1 atom stereocenters. The summed E-state index contributed by atoms with van der Waals surface area (Å²) in [4.78, 5) is 0. The summed E-state index contributed by atoms with van der Waals surface area (Å²) in [6.07, 6.45) is 2.90. The third kappa shape index (κ3) is 1.46. The average molecular weight is 195 g/mol. The minimum absolute atomic E-state index is 0.141. The third-order valence-corrected chi connectivity index (χ3v) is 2.45. The Morgan fingerprint density at radius 3 is 3.21 bits per heavy atom. The van der Waals surface area contributed by atoms with Crippen LogP contribution in [0.25, 0.3) is 0 Å². The molecule has 14 heavy (non-hydrogen) atoms. The molecule has 0 amide bonds. The predicted octanol–water partition coefficient (Wildman–Crippen LogP) is 0.544. The molecule has 3 N–H and O–H groups in total. The Labute approximate surface area is 81.8 Å². The molecule has 0 aromatic carbocycles. The van der Waals surface area contributed by atoms with Crippen molar-refractivity contribution < 1.29 is 9.94 Å². The summed E-state index contributed by atoms with van der Waals surface area (Å²) < 4.78 is 7.27. The highest BCUT2D eigenvalue weighted by atomic mass is 16.5. The van der Waals surface area contributed by atoms with Gasteiger partial charge in [0, 0.05) is 12.8 Å². The highest BCUT2D eigenvalue weighted by molar-refractivity contribution is 5.95. The zero-order chi connectivity index (χ0) is 9.97. The Morgan fingerprint density at radius 2 is 2.57 bits per heavy atom. The minimum Gasteiger partial charge on any atom is -0.409 e. The fourth-order valence-corrected chi connectivity index (χ4v) is 1.72. The number of rotatable bonds is 2. The van der Waals surface area contributed by atoms with E-state index in [2.05, 4.69) is 5.16 Å². The first-order valence-electron chi connectivity index (χ1n) is 4.55. The Morgan fingerprint density at radius 1 is 1.71 bits per heavy atom. The smallest absolute Gasteiger partial charge is 0.186 e. The number of hydrogen-bond acceptors (Lipinski definition) is 3. The van der Waals surface area contributed by atoms with E-state index in [1.807, 2.05) is 22.9 Å². The van der Waals surface area contributed by atoms with Crippen LogP contribution in [0.3, 0.4) is 0 Å². The number of aromatic nitrogens is 1. The zero-order valence-corrected chi connectivity index (χ0v) is 7.76. The van der Waals surface area contributed by atoms with Gasteiger partial charge in [-0.05, 0) is 18.6 Å². The van der Waals surface area contributed by atoms with E-state index >= 15 is 0 Å². The Bertz CT molecular complexity index is 340. The number of hydrogen-bond donors (Lipinski definition) is 2. The molecule has 5 nitrogen and oxygen atoms in total. The molecule has 1 aliphatic heterocycles. The third-order valence-electron chi connectivity index (χ3n) is 2.45. The van der Waals surface area contributed by atoms with Gasteiger partial charge in [0.25, 0.3) is 0 Å². The number of amidine groups is 1. The van der Waals surface area contributed by atoms with Gasteiger partial charge in [0.1, 0.15) is 0 Å². The molecule has 1 aromatic rings. The molecule has 0 spiro atoms. The van der Waals surface area contributed by atoms with Crippen molar-refractivity contribution in [1.82, 2.24) is 4.57 Å². The molecule has 0 aliphatic carbocycles. The second-order valence-corrected chi connectivity index (χ2v) is 3.30. The first-order valence-corrected chi connectivity index (χ1v) is 4.55. The number of ether oxygens (including phenoxy) is 1. The SMILES string of the molecule is N/C(=N/O)c1cccn1C1CCOC1. The van der Waals surface area contributed by atoms with Crippen LogP contribution in [0, 0.1) is 0 Å². The molecule has 0 saturated carbocycles. The summed E-state index contributed by atoms with van der Waals surface area (Å²) in [5, 5.41) is 11.6. The minimum atomic E-state index is 0.141. The molecule has 1 fully saturated rings. The Hall–Kier alpha value is -1.49. The van der Waals surface area contributed by atoms with Crippen molar-refractivity contribution in [3.63, 3.8) is 0 Å². The summed E-state index contributed by atoms with van der Waals surface area (Å²) in [5.41, 5.74) is 6.28. The van der Waals surface area contributed by atoms with Gasteiger partial charge in [0.05, 0.1) is 18.3 Å². The van der Waals surface area contributed by atoms with Gasteiger partial charge < -0.3 is 20.2 Å². The van der Waals surface area contributed by atoms with Crippen LogP contribution < -0.4 is 5.73 Å². The maximum Gasteiger partial charge on any atom is 0.186 e. The molecule has 2 rings (SSSR count). The summed E-state index contributed by atoms with van der Waals surface area (Å²) in [7, 11) is 0. The van der Waals surface area contributed by atoms with Crippen LogP contribution in [0.5, 0.6) is 0 Å². The Balaban J connectivity index is 2.29. The van der Waals surface area contributed by atoms with Gasteiger partial charge in [0.2, 0.25) is 0 Å². The van der Waals surface area contributed by atoms with Crippen LogP contribution in [0.2, 0.25) is 0 Å². The number of oxime groups is 1. The number of nitrogens with two attached hydrogens (primary N) is 1. The monoisotopic (exact) mass is 195 g/mol. The van der Waals surface area contributed by atoms with Gasteiger partial charge in [-0.2, -0.15) is 0 Å². The summed E-state index contributed by atoms with van der Waals surface area (Å²) >= 11 is 0. The van der Waals surface area contributed by atoms with Gasteiger partial charge >= 0.3 is 0 Å². The van der Waals surface area contributed by atoms with E-state index in [1.54, 1.807) is 0 Å². The fourth-order valence-electron chi connectivity index (χ4n) is 1.72. The molecule has 1 saturated heterocycles. The lowest BCUT2D eigenvalue weighted by atomic mass is 10.2. The van der Waals surface area contributed by atoms with E-state index in [1.165, 1.54) is 0 Å². The van der Waals surface area contributed by atoms with E-state index in [-0.39, 0.29) is 5.84 Å². The normalized spacial score (nSPS) is 22.9. The van der Waals surface area contributed by atoms with E-state index < -0.39 is 0 Å². The maximum atomic E-state index is 8.59. The van der Waals surface area contributed by atoms with Gasteiger partial charge in [-0.1, -0.05) is 5.16 Å². The van der Waals surface area contributed by atoms with E-state index in [9.17, 15) is 0 Å². The molecule has 0 radical (unpaired) electrons. The average Bonchev–Trinajstić information content (AvgIpc) is 2.85. The molecule has 0 bridgehead atoms. The van der Waals surface area contributed by atoms with Crippen molar-refractivity contribution in [2.45, 2.75) is 12.5 Å². The van der Waals surface area contributed by atoms with Crippen LogP contribution in [-0.2, 0) is 4.74 Å². The van der Waals surface area contributed by atoms with Gasteiger partial charge in [-0.15, -0.1) is 0 Å². The van der Waals surface area contributed by atoms with E-state index in [0.29, 0.717) is 12.6 Å². The highest BCUT2D eigenvalue weighted by Gasteiger charge is 2.20. The van der Waals surface area contributed by atoms with Crippen molar-refractivity contribution in [2.75, 3.05) is 13.2 Å².